The van der Waals surface area contributed by atoms with E-state index in [-0.39, 0.29) is 18.0 Å². The number of carbonyl (C=O) groups is 4. The summed E-state index contributed by atoms with van der Waals surface area (Å²) < 4.78 is 5.04. The molecule has 146 valence electrons. The predicted octanol–water partition coefficient (Wildman–Crippen LogP) is 2.58. The van der Waals surface area contributed by atoms with E-state index in [1.54, 1.807) is 19.9 Å². The number of rotatable bonds is 6. The van der Waals surface area contributed by atoms with Crippen molar-refractivity contribution in [1.29, 1.82) is 0 Å². The molecule has 1 saturated heterocycles. The van der Waals surface area contributed by atoms with E-state index >= 15 is 0 Å². The third-order valence-electron chi connectivity index (χ3n) is 3.85. The third-order valence-corrected chi connectivity index (χ3v) is 4.40. The number of urea groups is 1. The molecule has 0 radical (unpaired) electrons. The molecule has 0 aromatic heterocycles. The predicted molar refractivity (Wildman–Crippen MR) is 99.6 cm³/mol. The maximum Gasteiger partial charge on any atom is 0.325 e. The molecule has 10 heteroatoms. The number of esters is 1. The zero-order chi connectivity index (χ0) is 20.4. The number of hydrogen-bond donors (Lipinski definition) is 2. The Balaban J connectivity index is 1.85. The van der Waals surface area contributed by atoms with Crippen LogP contribution in [0.4, 0.5) is 10.5 Å². The summed E-state index contributed by atoms with van der Waals surface area (Å²) in [5, 5.41) is 5.70. The van der Waals surface area contributed by atoms with E-state index in [2.05, 4.69) is 10.6 Å². The van der Waals surface area contributed by atoms with Crippen molar-refractivity contribution < 1.29 is 23.9 Å². The SMILES string of the molecule is C[C@@H](OC(=O)CCN1C(=O)NC(C)(C)C1=O)C(=O)Nc1ccc(Cl)cc1Cl. The summed E-state index contributed by atoms with van der Waals surface area (Å²) in [6.45, 7) is 4.40. The highest BCUT2D eigenvalue weighted by atomic mass is 35.5. The monoisotopic (exact) mass is 415 g/mol. The van der Waals surface area contributed by atoms with Gasteiger partial charge in [0.25, 0.3) is 11.8 Å². The Kier molecular flexibility index (Phi) is 6.33. The molecule has 27 heavy (non-hydrogen) atoms. The summed E-state index contributed by atoms with van der Waals surface area (Å²) in [5.74, 6) is -1.72. The quantitative estimate of drug-likeness (QED) is 0.548. The van der Waals surface area contributed by atoms with Crippen molar-refractivity contribution in [3.63, 3.8) is 0 Å². The van der Waals surface area contributed by atoms with Crippen LogP contribution in [0.1, 0.15) is 27.2 Å². The van der Waals surface area contributed by atoms with Crippen LogP contribution in [-0.4, -0.2) is 46.9 Å². The number of carbonyl (C=O) groups excluding carboxylic acids is 4. The number of nitrogens with zero attached hydrogens (tertiary/aromatic N) is 1. The number of hydrogen-bond acceptors (Lipinski definition) is 5. The van der Waals surface area contributed by atoms with E-state index in [0.29, 0.717) is 10.7 Å². The highest BCUT2D eigenvalue weighted by molar-refractivity contribution is 6.36. The normalized spacial score (nSPS) is 16.7. The van der Waals surface area contributed by atoms with Crippen molar-refractivity contribution in [2.24, 2.45) is 0 Å². The van der Waals surface area contributed by atoms with Gasteiger partial charge in [-0.3, -0.25) is 19.3 Å². The van der Waals surface area contributed by atoms with Crippen molar-refractivity contribution in [2.45, 2.75) is 38.8 Å². The standard InChI is InChI=1S/C17H19Cl2N3O5/c1-9(14(24)20-12-5-4-10(18)8-11(12)19)27-13(23)6-7-22-15(25)17(2,3)21-16(22)26/h4-5,8-9H,6-7H2,1-3H3,(H,20,24)(H,21,26)/t9-/m1/s1. The van der Waals surface area contributed by atoms with Crippen LogP contribution in [0.15, 0.2) is 18.2 Å². The number of ether oxygens (including phenoxy) is 1. The number of anilines is 1. The van der Waals surface area contributed by atoms with Crippen LogP contribution in [0.25, 0.3) is 0 Å². The minimum Gasteiger partial charge on any atom is -0.452 e. The minimum absolute atomic E-state index is 0.135. The highest BCUT2D eigenvalue weighted by Gasteiger charge is 2.44. The molecule has 4 amide bonds. The van der Waals surface area contributed by atoms with Gasteiger partial charge in [-0.1, -0.05) is 23.2 Å². The van der Waals surface area contributed by atoms with Crippen LogP contribution in [-0.2, 0) is 19.1 Å². The molecule has 0 spiro atoms. The average Bonchev–Trinajstić information content (AvgIpc) is 2.75. The first kappa shape index (κ1) is 21.0. The van der Waals surface area contributed by atoms with E-state index in [4.69, 9.17) is 27.9 Å². The number of imide groups is 1. The number of benzene rings is 1. The van der Waals surface area contributed by atoms with Crippen molar-refractivity contribution in [3.8, 4) is 0 Å². The number of halogens is 2. The van der Waals surface area contributed by atoms with Gasteiger partial charge in [-0.15, -0.1) is 0 Å². The van der Waals surface area contributed by atoms with Gasteiger partial charge < -0.3 is 15.4 Å². The Labute approximate surface area is 166 Å². The van der Waals surface area contributed by atoms with Gasteiger partial charge >= 0.3 is 12.0 Å². The molecule has 0 bridgehead atoms. The smallest absolute Gasteiger partial charge is 0.325 e. The minimum atomic E-state index is -1.09. The van der Waals surface area contributed by atoms with E-state index in [0.717, 1.165) is 4.90 Å². The van der Waals surface area contributed by atoms with Gasteiger partial charge in [0, 0.05) is 11.6 Å². The topological polar surface area (TPSA) is 105 Å². The lowest BCUT2D eigenvalue weighted by Gasteiger charge is -2.17. The van der Waals surface area contributed by atoms with Gasteiger partial charge in [-0.05, 0) is 39.0 Å². The van der Waals surface area contributed by atoms with Crippen LogP contribution in [0.5, 0.6) is 0 Å². The van der Waals surface area contributed by atoms with Crippen LogP contribution in [0.3, 0.4) is 0 Å². The van der Waals surface area contributed by atoms with Gasteiger partial charge in [0.2, 0.25) is 0 Å². The molecule has 2 rings (SSSR count). The molecule has 1 aromatic rings. The zero-order valence-corrected chi connectivity index (χ0v) is 16.5. The van der Waals surface area contributed by atoms with Gasteiger partial charge in [0.1, 0.15) is 5.54 Å². The van der Waals surface area contributed by atoms with Crippen LogP contribution in [0, 0.1) is 0 Å². The third kappa shape index (κ3) is 5.11. The maximum absolute atomic E-state index is 12.1. The summed E-state index contributed by atoms with van der Waals surface area (Å²) in [7, 11) is 0. The van der Waals surface area contributed by atoms with Crippen LogP contribution < -0.4 is 10.6 Å². The van der Waals surface area contributed by atoms with Crippen LogP contribution in [0.2, 0.25) is 10.0 Å². The van der Waals surface area contributed by atoms with E-state index in [1.165, 1.54) is 19.1 Å². The Bertz CT molecular complexity index is 797. The molecule has 1 fully saturated rings. The van der Waals surface area contributed by atoms with Gasteiger partial charge in [0.15, 0.2) is 6.10 Å². The molecule has 0 aliphatic carbocycles. The highest BCUT2D eigenvalue weighted by Crippen LogP contribution is 2.25. The lowest BCUT2D eigenvalue weighted by atomic mass is 10.1. The zero-order valence-electron chi connectivity index (χ0n) is 15.0. The summed E-state index contributed by atoms with van der Waals surface area (Å²) in [5.41, 5.74) is -0.679. The van der Waals surface area contributed by atoms with Crippen molar-refractivity contribution in [1.82, 2.24) is 10.2 Å². The van der Waals surface area contributed by atoms with Gasteiger partial charge in [0.05, 0.1) is 17.1 Å². The molecule has 1 aliphatic rings. The van der Waals surface area contributed by atoms with E-state index < -0.39 is 35.5 Å². The van der Waals surface area contributed by atoms with Crippen LogP contribution >= 0.6 is 23.2 Å². The Morgan fingerprint density at radius 2 is 1.96 bits per heavy atom. The average molecular weight is 416 g/mol. The lowest BCUT2D eigenvalue weighted by Crippen LogP contribution is -2.40. The van der Waals surface area contributed by atoms with E-state index in [9.17, 15) is 19.2 Å². The fourth-order valence-corrected chi connectivity index (χ4v) is 2.81. The molecular weight excluding hydrogens is 397 g/mol. The molecule has 1 heterocycles. The van der Waals surface area contributed by atoms with Crippen molar-refractivity contribution in [2.75, 3.05) is 11.9 Å². The molecule has 2 N–H and O–H groups in total. The molecule has 0 unspecified atom stereocenters. The molecule has 1 atom stereocenters. The Hall–Kier alpha value is -2.32. The summed E-state index contributed by atoms with van der Waals surface area (Å²) in [6, 6.07) is 3.98. The summed E-state index contributed by atoms with van der Waals surface area (Å²) in [4.78, 5) is 48.8. The summed E-state index contributed by atoms with van der Waals surface area (Å²) >= 11 is 11.8. The van der Waals surface area contributed by atoms with E-state index in [1.807, 2.05) is 0 Å². The maximum atomic E-state index is 12.1. The number of amides is 4. The Morgan fingerprint density at radius 3 is 2.52 bits per heavy atom. The summed E-state index contributed by atoms with van der Waals surface area (Å²) in [6.07, 6.45) is -1.32. The molecule has 0 saturated carbocycles. The van der Waals surface area contributed by atoms with Gasteiger partial charge in [-0.2, -0.15) is 0 Å². The second-order valence-corrected chi connectivity index (χ2v) is 7.35. The first-order chi connectivity index (χ1) is 12.5. The molecule has 1 aliphatic heterocycles. The first-order valence-electron chi connectivity index (χ1n) is 8.11. The fraction of sp³-hybridized carbons (Fsp3) is 0.412. The molecule has 8 nitrogen and oxygen atoms in total. The first-order valence-corrected chi connectivity index (χ1v) is 8.86. The second kappa shape index (κ2) is 8.14. The second-order valence-electron chi connectivity index (χ2n) is 6.51. The Morgan fingerprint density at radius 1 is 1.30 bits per heavy atom. The lowest BCUT2D eigenvalue weighted by molar-refractivity contribution is -0.153. The van der Waals surface area contributed by atoms with Crippen molar-refractivity contribution in [3.05, 3.63) is 28.2 Å². The van der Waals surface area contributed by atoms with Gasteiger partial charge in [-0.25, -0.2) is 4.79 Å². The largest absolute Gasteiger partial charge is 0.452 e. The van der Waals surface area contributed by atoms with Crippen molar-refractivity contribution >= 4 is 52.7 Å². The molecular formula is C17H19Cl2N3O5. The molecule has 1 aromatic carbocycles. The number of nitrogens with one attached hydrogen (secondary N) is 2. The fourth-order valence-electron chi connectivity index (χ4n) is 2.36.